The van der Waals surface area contributed by atoms with Gasteiger partial charge in [0.2, 0.25) is 0 Å². The van der Waals surface area contributed by atoms with Gasteiger partial charge >= 0.3 is 0 Å². The molecule has 3 nitrogen and oxygen atoms in total. The Balaban J connectivity index is 1.79. The molecule has 0 aliphatic carbocycles. The zero-order valence-corrected chi connectivity index (χ0v) is 11.1. The molecule has 2 rings (SSSR count). The van der Waals surface area contributed by atoms with Gasteiger partial charge < -0.3 is 5.32 Å². The Bertz CT molecular complexity index is 209. The second kappa shape index (κ2) is 5.48. The van der Waals surface area contributed by atoms with E-state index in [2.05, 4.69) is 35.9 Å². The van der Waals surface area contributed by atoms with E-state index in [1.54, 1.807) is 0 Å². The van der Waals surface area contributed by atoms with Gasteiger partial charge in [-0.1, -0.05) is 0 Å². The topological polar surface area (TPSA) is 18.5 Å². The summed E-state index contributed by atoms with van der Waals surface area (Å²) in [6.07, 6.45) is 2.67. The van der Waals surface area contributed by atoms with E-state index in [9.17, 15) is 0 Å². The van der Waals surface area contributed by atoms with Crippen LogP contribution in [0.2, 0.25) is 0 Å². The summed E-state index contributed by atoms with van der Waals surface area (Å²) in [7, 11) is 0. The molecule has 2 aliphatic heterocycles. The maximum absolute atomic E-state index is 3.54. The van der Waals surface area contributed by atoms with Crippen molar-refractivity contribution < 1.29 is 0 Å². The van der Waals surface area contributed by atoms with E-state index in [0.717, 1.165) is 6.04 Å². The maximum Gasteiger partial charge on any atom is 0.0123 e. The summed E-state index contributed by atoms with van der Waals surface area (Å²) >= 11 is 0. The SMILES string of the molecule is CC1CC(N2CCN(C(C)C)CC2)CCN1. The number of piperazine rings is 1. The molecule has 2 unspecified atom stereocenters. The van der Waals surface area contributed by atoms with Gasteiger partial charge in [0.05, 0.1) is 0 Å². The molecule has 0 radical (unpaired) electrons. The average Bonchev–Trinajstić information content (AvgIpc) is 2.29. The van der Waals surface area contributed by atoms with E-state index in [-0.39, 0.29) is 0 Å². The highest BCUT2D eigenvalue weighted by molar-refractivity contribution is 4.85. The molecule has 1 N–H and O–H groups in total. The minimum Gasteiger partial charge on any atom is -0.314 e. The van der Waals surface area contributed by atoms with Crippen LogP contribution in [-0.4, -0.2) is 60.6 Å². The van der Waals surface area contributed by atoms with Crippen LogP contribution in [0.5, 0.6) is 0 Å². The fraction of sp³-hybridized carbons (Fsp3) is 1.00. The third-order valence-electron chi connectivity index (χ3n) is 4.19. The minimum absolute atomic E-state index is 0.710. The number of piperidine rings is 1. The van der Waals surface area contributed by atoms with Crippen LogP contribution in [0.1, 0.15) is 33.6 Å². The van der Waals surface area contributed by atoms with Gasteiger partial charge in [-0.25, -0.2) is 0 Å². The zero-order chi connectivity index (χ0) is 11.5. The maximum atomic E-state index is 3.54. The standard InChI is InChI=1S/C13H27N3/c1-11(2)15-6-8-16(9-7-15)13-4-5-14-12(3)10-13/h11-14H,4-10H2,1-3H3. The van der Waals surface area contributed by atoms with E-state index in [1.807, 2.05) is 0 Å². The molecule has 0 aromatic heterocycles. The monoisotopic (exact) mass is 225 g/mol. The molecule has 0 aromatic carbocycles. The number of hydrogen-bond donors (Lipinski definition) is 1. The lowest BCUT2D eigenvalue weighted by atomic mass is 9.98. The first-order valence-electron chi connectivity index (χ1n) is 6.88. The summed E-state index contributed by atoms with van der Waals surface area (Å²) < 4.78 is 0. The largest absolute Gasteiger partial charge is 0.314 e. The van der Waals surface area contributed by atoms with Crippen LogP contribution in [0.25, 0.3) is 0 Å². The molecule has 0 saturated carbocycles. The van der Waals surface area contributed by atoms with Gasteiger partial charge in [-0.15, -0.1) is 0 Å². The predicted molar refractivity (Wildman–Crippen MR) is 68.8 cm³/mol. The van der Waals surface area contributed by atoms with Crippen molar-refractivity contribution in [2.75, 3.05) is 32.7 Å². The van der Waals surface area contributed by atoms with Crippen LogP contribution < -0.4 is 5.32 Å². The summed E-state index contributed by atoms with van der Waals surface area (Å²) in [5.74, 6) is 0. The lowest BCUT2D eigenvalue weighted by Gasteiger charge is -2.43. The Kier molecular flexibility index (Phi) is 4.22. The smallest absolute Gasteiger partial charge is 0.0123 e. The van der Waals surface area contributed by atoms with Gasteiger partial charge in [-0.3, -0.25) is 9.80 Å². The quantitative estimate of drug-likeness (QED) is 0.760. The molecule has 0 amide bonds. The Morgan fingerprint density at radius 2 is 1.81 bits per heavy atom. The molecule has 2 aliphatic rings. The first-order valence-corrected chi connectivity index (χ1v) is 6.88. The first-order chi connectivity index (χ1) is 7.66. The van der Waals surface area contributed by atoms with E-state index in [4.69, 9.17) is 0 Å². The highest BCUT2D eigenvalue weighted by Gasteiger charge is 2.27. The van der Waals surface area contributed by atoms with Gasteiger partial charge in [0.15, 0.2) is 0 Å². The van der Waals surface area contributed by atoms with Crippen molar-refractivity contribution in [2.45, 2.75) is 51.7 Å². The van der Waals surface area contributed by atoms with Crippen molar-refractivity contribution in [3.63, 3.8) is 0 Å². The summed E-state index contributed by atoms with van der Waals surface area (Å²) in [5, 5.41) is 3.54. The molecule has 2 fully saturated rings. The molecule has 0 aromatic rings. The zero-order valence-electron chi connectivity index (χ0n) is 11.1. The number of nitrogens with one attached hydrogen (secondary N) is 1. The number of rotatable bonds is 2. The van der Waals surface area contributed by atoms with Crippen molar-refractivity contribution in [2.24, 2.45) is 0 Å². The molecular formula is C13H27N3. The van der Waals surface area contributed by atoms with Crippen molar-refractivity contribution in [1.82, 2.24) is 15.1 Å². The second-order valence-corrected chi connectivity index (χ2v) is 5.70. The molecule has 2 heterocycles. The summed E-state index contributed by atoms with van der Waals surface area (Å²) in [6.45, 7) is 13.2. The first kappa shape index (κ1) is 12.3. The second-order valence-electron chi connectivity index (χ2n) is 5.70. The Morgan fingerprint density at radius 1 is 1.12 bits per heavy atom. The molecule has 94 valence electrons. The molecule has 2 atom stereocenters. The van der Waals surface area contributed by atoms with Crippen LogP contribution in [0.3, 0.4) is 0 Å². The van der Waals surface area contributed by atoms with E-state index < -0.39 is 0 Å². The minimum atomic E-state index is 0.710. The summed E-state index contributed by atoms with van der Waals surface area (Å²) in [5.41, 5.74) is 0. The van der Waals surface area contributed by atoms with Crippen LogP contribution in [0.4, 0.5) is 0 Å². The molecule has 0 spiro atoms. The molecule has 0 bridgehead atoms. The van der Waals surface area contributed by atoms with Gasteiger partial charge in [-0.05, 0) is 40.2 Å². The van der Waals surface area contributed by atoms with Crippen molar-refractivity contribution in [3.8, 4) is 0 Å². The van der Waals surface area contributed by atoms with E-state index in [0.29, 0.717) is 12.1 Å². The van der Waals surface area contributed by atoms with Gasteiger partial charge in [-0.2, -0.15) is 0 Å². The molecule has 2 saturated heterocycles. The molecule has 3 heteroatoms. The molecular weight excluding hydrogens is 198 g/mol. The van der Waals surface area contributed by atoms with Gasteiger partial charge in [0.1, 0.15) is 0 Å². The lowest BCUT2D eigenvalue weighted by Crippen LogP contribution is -2.55. The fourth-order valence-corrected chi connectivity index (χ4v) is 3.06. The number of hydrogen-bond acceptors (Lipinski definition) is 3. The van der Waals surface area contributed by atoms with Gasteiger partial charge in [0, 0.05) is 44.3 Å². The average molecular weight is 225 g/mol. The van der Waals surface area contributed by atoms with Crippen molar-refractivity contribution in [1.29, 1.82) is 0 Å². The van der Waals surface area contributed by atoms with Crippen LogP contribution in [0, 0.1) is 0 Å². The Hall–Kier alpha value is -0.120. The van der Waals surface area contributed by atoms with Crippen LogP contribution in [0.15, 0.2) is 0 Å². The summed E-state index contributed by atoms with van der Waals surface area (Å²) in [6, 6.07) is 2.27. The van der Waals surface area contributed by atoms with Gasteiger partial charge in [0.25, 0.3) is 0 Å². The fourth-order valence-electron chi connectivity index (χ4n) is 3.06. The predicted octanol–water partition coefficient (Wildman–Crippen LogP) is 1.15. The van der Waals surface area contributed by atoms with E-state index >= 15 is 0 Å². The van der Waals surface area contributed by atoms with E-state index in [1.165, 1.54) is 45.6 Å². The summed E-state index contributed by atoms with van der Waals surface area (Å²) in [4.78, 5) is 5.32. The normalized spacial score (nSPS) is 34.5. The lowest BCUT2D eigenvalue weighted by molar-refractivity contribution is 0.0614. The third kappa shape index (κ3) is 2.96. The Morgan fingerprint density at radius 3 is 2.38 bits per heavy atom. The van der Waals surface area contributed by atoms with Crippen LogP contribution in [-0.2, 0) is 0 Å². The highest BCUT2D eigenvalue weighted by Crippen LogP contribution is 2.18. The van der Waals surface area contributed by atoms with Crippen molar-refractivity contribution >= 4 is 0 Å². The van der Waals surface area contributed by atoms with Crippen molar-refractivity contribution in [3.05, 3.63) is 0 Å². The van der Waals surface area contributed by atoms with Crippen LogP contribution >= 0.6 is 0 Å². The highest BCUT2D eigenvalue weighted by atomic mass is 15.3. The number of nitrogens with zero attached hydrogens (tertiary/aromatic N) is 2. The molecule has 16 heavy (non-hydrogen) atoms. The third-order valence-corrected chi connectivity index (χ3v) is 4.19. The Labute approximate surface area is 100 Å².